The standard InChI is InChI=1S/C29H38N4O8/c1-29(2,3)40-27(34)30-15-11-10-14-21(31-28(35)39-18-19-12-8-7-9-13-19)26-32-25(33-41-26)20-16-22(36-4)24(38-6)23(17-20)37-5/h7-9,12-13,16-17,21H,10-11,14-15,18H2,1-6H3,(H,30,34)(H,31,35)/t21-/m0/s1. The van der Waals surface area contributed by atoms with Gasteiger partial charge in [0.25, 0.3) is 0 Å². The molecule has 0 bridgehead atoms. The van der Waals surface area contributed by atoms with Crippen molar-refractivity contribution in [2.24, 2.45) is 0 Å². The van der Waals surface area contributed by atoms with Crippen molar-refractivity contribution < 1.29 is 37.8 Å². The van der Waals surface area contributed by atoms with Crippen LogP contribution in [0.1, 0.15) is 57.5 Å². The number of hydrogen-bond donors (Lipinski definition) is 2. The number of nitrogens with one attached hydrogen (secondary N) is 2. The number of benzene rings is 2. The van der Waals surface area contributed by atoms with E-state index in [2.05, 4.69) is 20.8 Å². The number of unbranched alkanes of at least 4 members (excludes halogenated alkanes) is 1. The third kappa shape index (κ3) is 9.59. The number of nitrogens with zero attached hydrogens (tertiary/aromatic N) is 2. The highest BCUT2D eigenvalue weighted by Gasteiger charge is 2.24. The van der Waals surface area contributed by atoms with Gasteiger partial charge in [-0.3, -0.25) is 0 Å². The predicted molar refractivity (Wildman–Crippen MR) is 150 cm³/mol. The minimum atomic E-state index is -0.636. The first kappa shape index (κ1) is 31.1. The van der Waals surface area contributed by atoms with Crippen LogP contribution in [-0.4, -0.2) is 55.8 Å². The molecule has 222 valence electrons. The maximum atomic E-state index is 12.7. The van der Waals surface area contributed by atoms with Crippen molar-refractivity contribution in [3.05, 3.63) is 53.9 Å². The summed E-state index contributed by atoms with van der Waals surface area (Å²) >= 11 is 0. The molecule has 1 atom stereocenters. The number of carbonyl (C=O) groups excluding carboxylic acids is 2. The normalized spacial score (nSPS) is 11.8. The Labute approximate surface area is 239 Å². The third-order valence-corrected chi connectivity index (χ3v) is 5.76. The second kappa shape index (κ2) is 14.8. The molecule has 3 aromatic rings. The Morgan fingerprint density at radius 2 is 1.63 bits per heavy atom. The lowest BCUT2D eigenvalue weighted by Crippen LogP contribution is -2.33. The first-order valence-corrected chi connectivity index (χ1v) is 13.2. The van der Waals surface area contributed by atoms with E-state index in [0.29, 0.717) is 48.6 Å². The molecule has 41 heavy (non-hydrogen) atoms. The first-order chi connectivity index (χ1) is 19.6. The molecule has 2 amide bonds. The Morgan fingerprint density at radius 1 is 0.951 bits per heavy atom. The average Bonchev–Trinajstić information content (AvgIpc) is 3.44. The molecule has 0 aliphatic heterocycles. The van der Waals surface area contributed by atoms with Gasteiger partial charge in [0.05, 0.1) is 21.3 Å². The van der Waals surface area contributed by atoms with Crippen LogP contribution in [-0.2, 0) is 16.1 Å². The summed E-state index contributed by atoms with van der Waals surface area (Å²) < 4.78 is 32.5. The van der Waals surface area contributed by atoms with Crippen LogP contribution in [0.15, 0.2) is 47.0 Å². The summed E-state index contributed by atoms with van der Waals surface area (Å²) in [5.41, 5.74) is 0.851. The van der Waals surface area contributed by atoms with Gasteiger partial charge in [-0.2, -0.15) is 4.98 Å². The van der Waals surface area contributed by atoms with E-state index in [9.17, 15) is 9.59 Å². The molecule has 0 aliphatic carbocycles. The monoisotopic (exact) mass is 570 g/mol. The Kier molecular flexibility index (Phi) is 11.2. The van der Waals surface area contributed by atoms with E-state index in [-0.39, 0.29) is 18.3 Å². The molecule has 1 heterocycles. The summed E-state index contributed by atoms with van der Waals surface area (Å²) in [5.74, 6) is 1.78. The van der Waals surface area contributed by atoms with Gasteiger partial charge in [-0.05, 0) is 57.7 Å². The van der Waals surface area contributed by atoms with Crippen LogP contribution < -0.4 is 24.8 Å². The van der Waals surface area contributed by atoms with Gasteiger partial charge in [0.1, 0.15) is 18.2 Å². The van der Waals surface area contributed by atoms with E-state index >= 15 is 0 Å². The summed E-state index contributed by atoms with van der Waals surface area (Å²) in [6, 6.07) is 12.1. The maximum absolute atomic E-state index is 12.7. The molecular formula is C29H38N4O8. The summed E-state index contributed by atoms with van der Waals surface area (Å²) in [5, 5.41) is 9.67. The molecule has 0 unspecified atom stereocenters. The third-order valence-electron chi connectivity index (χ3n) is 5.76. The topological polar surface area (TPSA) is 143 Å². The van der Waals surface area contributed by atoms with Crippen molar-refractivity contribution in [1.29, 1.82) is 0 Å². The zero-order valence-electron chi connectivity index (χ0n) is 24.3. The van der Waals surface area contributed by atoms with Crippen LogP contribution in [0.3, 0.4) is 0 Å². The minimum Gasteiger partial charge on any atom is -0.493 e. The largest absolute Gasteiger partial charge is 0.493 e. The molecule has 3 rings (SSSR count). The van der Waals surface area contributed by atoms with Crippen LogP contribution in [0, 0.1) is 0 Å². The van der Waals surface area contributed by atoms with Crippen LogP contribution in [0.5, 0.6) is 17.2 Å². The second-order valence-electron chi connectivity index (χ2n) is 10.1. The molecule has 0 radical (unpaired) electrons. The average molecular weight is 571 g/mol. The van der Waals surface area contributed by atoms with Gasteiger partial charge in [-0.1, -0.05) is 35.5 Å². The van der Waals surface area contributed by atoms with Gasteiger partial charge in [0, 0.05) is 12.1 Å². The van der Waals surface area contributed by atoms with Crippen LogP contribution >= 0.6 is 0 Å². The summed E-state index contributed by atoms with van der Waals surface area (Å²) in [7, 11) is 4.55. The molecule has 1 aromatic heterocycles. The quantitative estimate of drug-likeness (QED) is 0.256. The van der Waals surface area contributed by atoms with E-state index in [1.807, 2.05) is 30.3 Å². The van der Waals surface area contributed by atoms with Gasteiger partial charge in [0.2, 0.25) is 17.5 Å². The van der Waals surface area contributed by atoms with Crippen molar-refractivity contribution in [3.8, 4) is 28.6 Å². The van der Waals surface area contributed by atoms with Crippen molar-refractivity contribution in [2.75, 3.05) is 27.9 Å². The van der Waals surface area contributed by atoms with E-state index in [4.69, 9.17) is 28.2 Å². The summed E-state index contributed by atoms with van der Waals surface area (Å²) in [4.78, 5) is 29.1. The van der Waals surface area contributed by atoms with Crippen LogP contribution in [0.2, 0.25) is 0 Å². The van der Waals surface area contributed by atoms with Gasteiger partial charge >= 0.3 is 12.2 Å². The Morgan fingerprint density at radius 3 is 2.24 bits per heavy atom. The fourth-order valence-corrected chi connectivity index (χ4v) is 3.85. The number of methoxy groups -OCH3 is 3. The number of rotatable bonds is 13. The number of hydrogen-bond acceptors (Lipinski definition) is 10. The van der Waals surface area contributed by atoms with E-state index in [1.54, 1.807) is 32.9 Å². The van der Waals surface area contributed by atoms with E-state index in [0.717, 1.165) is 5.56 Å². The Balaban J connectivity index is 1.71. The van der Waals surface area contributed by atoms with Gasteiger partial charge in [-0.25, -0.2) is 9.59 Å². The molecule has 0 fully saturated rings. The SMILES string of the molecule is COc1cc(-c2noc([C@H](CCCCNC(=O)OC(C)(C)C)NC(=O)OCc3ccccc3)n2)cc(OC)c1OC. The molecule has 2 N–H and O–H groups in total. The van der Waals surface area contributed by atoms with Crippen molar-refractivity contribution in [2.45, 2.75) is 58.3 Å². The highest BCUT2D eigenvalue weighted by molar-refractivity contribution is 5.68. The Bertz CT molecular complexity index is 1250. The molecule has 0 saturated carbocycles. The van der Waals surface area contributed by atoms with Gasteiger partial charge in [0.15, 0.2) is 11.5 Å². The second-order valence-corrected chi connectivity index (χ2v) is 10.1. The van der Waals surface area contributed by atoms with Crippen molar-refractivity contribution in [3.63, 3.8) is 0 Å². The molecule has 0 aliphatic rings. The lowest BCUT2D eigenvalue weighted by Gasteiger charge is -2.19. The molecular weight excluding hydrogens is 532 g/mol. The number of carbonyl (C=O) groups is 2. The predicted octanol–water partition coefficient (Wildman–Crippen LogP) is 5.42. The summed E-state index contributed by atoms with van der Waals surface area (Å²) in [6.07, 6.45) is 0.598. The fourth-order valence-electron chi connectivity index (χ4n) is 3.85. The lowest BCUT2D eigenvalue weighted by molar-refractivity contribution is 0.0527. The van der Waals surface area contributed by atoms with Gasteiger partial charge in [-0.15, -0.1) is 0 Å². The molecule has 12 heteroatoms. The molecule has 0 spiro atoms. The number of alkyl carbamates (subject to hydrolysis) is 2. The van der Waals surface area contributed by atoms with Crippen LogP contribution in [0.4, 0.5) is 9.59 Å². The lowest BCUT2D eigenvalue weighted by atomic mass is 10.1. The van der Waals surface area contributed by atoms with E-state index < -0.39 is 23.8 Å². The van der Waals surface area contributed by atoms with Crippen LogP contribution in [0.25, 0.3) is 11.4 Å². The van der Waals surface area contributed by atoms with Crippen molar-refractivity contribution >= 4 is 12.2 Å². The molecule has 0 saturated heterocycles. The number of aromatic nitrogens is 2. The summed E-state index contributed by atoms with van der Waals surface area (Å²) in [6.45, 7) is 5.92. The number of amides is 2. The smallest absolute Gasteiger partial charge is 0.408 e. The highest BCUT2D eigenvalue weighted by Crippen LogP contribution is 2.40. The first-order valence-electron chi connectivity index (χ1n) is 13.2. The fraction of sp³-hybridized carbons (Fsp3) is 0.448. The zero-order chi connectivity index (χ0) is 29.8. The minimum absolute atomic E-state index is 0.111. The van der Waals surface area contributed by atoms with Crippen molar-refractivity contribution in [1.82, 2.24) is 20.8 Å². The molecule has 12 nitrogen and oxygen atoms in total. The molecule has 2 aromatic carbocycles. The Hall–Kier alpha value is -4.48. The maximum Gasteiger partial charge on any atom is 0.408 e. The highest BCUT2D eigenvalue weighted by atomic mass is 16.6. The zero-order valence-corrected chi connectivity index (χ0v) is 24.3. The number of ether oxygens (including phenoxy) is 5. The van der Waals surface area contributed by atoms with Gasteiger partial charge < -0.3 is 38.8 Å². The van der Waals surface area contributed by atoms with E-state index in [1.165, 1.54) is 21.3 Å².